The maximum atomic E-state index is 13.8. The third-order valence-corrected chi connectivity index (χ3v) is 4.87. The molecule has 2 rings (SSSR count). The number of pyridine rings is 1. The van der Waals surface area contributed by atoms with Gasteiger partial charge in [-0.1, -0.05) is 63.8 Å². The minimum absolute atomic E-state index is 0.208. The molecule has 29 heavy (non-hydrogen) atoms. The van der Waals surface area contributed by atoms with E-state index in [1.54, 1.807) is 12.3 Å². The van der Waals surface area contributed by atoms with E-state index in [0.717, 1.165) is 34.7 Å². The smallest absolute Gasteiger partial charge is 0.131 e. The fourth-order valence-corrected chi connectivity index (χ4v) is 2.21. The summed E-state index contributed by atoms with van der Waals surface area (Å²) in [5.74, 6) is 0.727. The van der Waals surface area contributed by atoms with Crippen LogP contribution in [0.3, 0.4) is 0 Å². The summed E-state index contributed by atoms with van der Waals surface area (Å²) in [4.78, 5) is 4.36. The van der Waals surface area contributed by atoms with Gasteiger partial charge in [-0.25, -0.2) is 4.39 Å². The van der Waals surface area contributed by atoms with Crippen molar-refractivity contribution in [3.63, 3.8) is 0 Å². The molecule has 1 nitrogen and oxygen atoms in total. The van der Waals surface area contributed by atoms with Gasteiger partial charge in [0.05, 0.1) is 5.69 Å². The quantitative estimate of drug-likeness (QED) is 0.459. The molecule has 0 atom stereocenters. The maximum absolute atomic E-state index is 13.8. The van der Waals surface area contributed by atoms with Crippen molar-refractivity contribution in [1.29, 1.82) is 0 Å². The maximum Gasteiger partial charge on any atom is 0.131 e. The Morgan fingerprint density at radius 2 is 1.72 bits per heavy atom. The molecule has 1 aromatic carbocycles. The van der Waals surface area contributed by atoms with Gasteiger partial charge in [-0.05, 0) is 69.9 Å². The van der Waals surface area contributed by atoms with Crippen molar-refractivity contribution in [2.45, 2.75) is 74.7 Å². The number of aromatic nitrogens is 1. The highest BCUT2D eigenvalue weighted by molar-refractivity contribution is 5.66. The number of hydrogen-bond acceptors (Lipinski definition) is 1. The number of allylic oxidation sites excluding steroid dienone is 2. The topological polar surface area (TPSA) is 12.9 Å². The molecule has 0 aliphatic carbocycles. The van der Waals surface area contributed by atoms with Crippen LogP contribution in [0, 0.1) is 25.6 Å². The summed E-state index contributed by atoms with van der Waals surface area (Å²) in [5.41, 5.74) is 5.70. The van der Waals surface area contributed by atoms with E-state index in [1.807, 2.05) is 52.0 Å². The molecule has 0 N–H and O–H groups in total. The van der Waals surface area contributed by atoms with Crippen molar-refractivity contribution in [1.82, 2.24) is 4.98 Å². The summed E-state index contributed by atoms with van der Waals surface area (Å²) in [6.45, 7) is 20.4. The second-order valence-electron chi connectivity index (χ2n) is 7.64. The average molecular weight is 398 g/mol. The van der Waals surface area contributed by atoms with Crippen LogP contribution in [0.2, 0.25) is 0 Å². The molecule has 2 heteroatoms. The molecule has 1 aromatic heterocycles. The van der Waals surface area contributed by atoms with Crippen LogP contribution in [0.1, 0.15) is 77.6 Å². The van der Waals surface area contributed by atoms with E-state index in [0.29, 0.717) is 5.56 Å². The lowest BCUT2D eigenvalue weighted by Crippen LogP contribution is -1.91. The first-order valence-corrected chi connectivity index (χ1v) is 10.7. The summed E-state index contributed by atoms with van der Waals surface area (Å²) in [6.07, 6.45) is 9.39. The standard InChI is InChI=1S/C16H16FN.C6H14.C5H10/c1-4-5-16-12(3)9-13(10-18-16)14-8-11(2)6-7-15(14)17;1-4-6(3)5-2;1-4-5(2)3/h4-10H,1-3H3;6H,4-5H2,1-3H3;2,4H2,1,3H3/b5-4-;;. The van der Waals surface area contributed by atoms with Crippen LogP contribution in [-0.4, -0.2) is 4.98 Å². The van der Waals surface area contributed by atoms with Crippen LogP contribution in [-0.2, 0) is 0 Å². The molecule has 160 valence electrons. The van der Waals surface area contributed by atoms with Gasteiger partial charge in [0.15, 0.2) is 0 Å². The fraction of sp³-hybridized carbons (Fsp3) is 0.444. The molecule has 2 aromatic rings. The van der Waals surface area contributed by atoms with Crippen LogP contribution in [0.5, 0.6) is 0 Å². The lowest BCUT2D eigenvalue weighted by molar-refractivity contribution is 0.544. The van der Waals surface area contributed by atoms with Crippen molar-refractivity contribution in [2.24, 2.45) is 5.92 Å². The van der Waals surface area contributed by atoms with Crippen molar-refractivity contribution < 1.29 is 4.39 Å². The molecule has 0 saturated heterocycles. The van der Waals surface area contributed by atoms with Gasteiger partial charge in [0.25, 0.3) is 0 Å². The predicted octanol–water partition coefficient (Wildman–Crippen LogP) is 8.95. The summed E-state index contributed by atoms with van der Waals surface area (Å²) >= 11 is 0. The van der Waals surface area contributed by atoms with Gasteiger partial charge in [-0.3, -0.25) is 4.98 Å². The molecule has 0 aliphatic rings. The van der Waals surface area contributed by atoms with Gasteiger partial charge < -0.3 is 0 Å². The Labute approximate surface area is 178 Å². The number of benzene rings is 1. The van der Waals surface area contributed by atoms with E-state index < -0.39 is 0 Å². The van der Waals surface area contributed by atoms with E-state index in [1.165, 1.54) is 24.5 Å². The van der Waals surface area contributed by atoms with Gasteiger partial charge in [0.1, 0.15) is 5.82 Å². The molecule has 0 spiro atoms. The lowest BCUT2D eigenvalue weighted by Gasteiger charge is -2.07. The van der Waals surface area contributed by atoms with Gasteiger partial charge in [-0.15, -0.1) is 6.58 Å². The van der Waals surface area contributed by atoms with Crippen molar-refractivity contribution in [3.8, 4) is 11.1 Å². The Morgan fingerprint density at radius 1 is 1.14 bits per heavy atom. The molecule has 1 heterocycles. The van der Waals surface area contributed by atoms with Gasteiger partial charge >= 0.3 is 0 Å². The SMILES string of the molecule is C/C=C\c1ncc(-c2cc(C)ccc2F)cc1C.C=C(C)CC.CCC(C)CC. The number of aryl methyl sites for hydroxylation is 2. The van der Waals surface area contributed by atoms with Crippen molar-refractivity contribution in [3.05, 3.63) is 71.3 Å². The first-order chi connectivity index (χ1) is 13.7. The zero-order chi connectivity index (χ0) is 22.4. The van der Waals surface area contributed by atoms with Crippen LogP contribution in [0.15, 0.2) is 48.7 Å². The Hall–Kier alpha value is -2.22. The Kier molecular flexibility index (Phi) is 13.6. The summed E-state index contributed by atoms with van der Waals surface area (Å²) in [5, 5.41) is 0. The lowest BCUT2D eigenvalue weighted by atomic mass is 10.0. The Bertz CT molecular complexity index is 770. The fourth-order valence-electron chi connectivity index (χ4n) is 2.21. The Morgan fingerprint density at radius 3 is 2.14 bits per heavy atom. The number of halogens is 1. The third-order valence-electron chi connectivity index (χ3n) is 4.87. The molecule has 0 amide bonds. The molecule has 0 bridgehead atoms. The summed E-state index contributed by atoms with van der Waals surface area (Å²) in [6, 6.07) is 7.09. The van der Waals surface area contributed by atoms with Crippen LogP contribution in [0.4, 0.5) is 4.39 Å². The third kappa shape index (κ3) is 10.8. The van der Waals surface area contributed by atoms with Gasteiger partial charge in [0.2, 0.25) is 0 Å². The predicted molar refractivity (Wildman–Crippen MR) is 129 cm³/mol. The first kappa shape index (κ1) is 26.8. The van der Waals surface area contributed by atoms with E-state index in [2.05, 4.69) is 39.3 Å². The first-order valence-electron chi connectivity index (χ1n) is 10.7. The molecular formula is C27H40FN. The zero-order valence-corrected chi connectivity index (χ0v) is 19.8. The van der Waals surface area contributed by atoms with Crippen LogP contribution in [0.25, 0.3) is 17.2 Å². The van der Waals surface area contributed by atoms with Gasteiger partial charge in [-0.2, -0.15) is 0 Å². The van der Waals surface area contributed by atoms with E-state index in [9.17, 15) is 4.39 Å². The molecule has 0 unspecified atom stereocenters. The molecule has 0 saturated carbocycles. The number of rotatable bonds is 5. The highest BCUT2D eigenvalue weighted by Crippen LogP contribution is 2.25. The van der Waals surface area contributed by atoms with E-state index >= 15 is 0 Å². The van der Waals surface area contributed by atoms with Crippen molar-refractivity contribution >= 4 is 6.08 Å². The largest absolute Gasteiger partial charge is 0.256 e. The zero-order valence-electron chi connectivity index (χ0n) is 19.8. The minimum Gasteiger partial charge on any atom is -0.256 e. The highest BCUT2D eigenvalue weighted by Gasteiger charge is 2.07. The number of hydrogen-bond donors (Lipinski definition) is 0. The minimum atomic E-state index is -0.208. The van der Waals surface area contributed by atoms with Gasteiger partial charge in [0, 0.05) is 17.3 Å². The summed E-state index contributed by atoms with van der Waals surface area (Å²) in [7, 11) is 0. The second-order valence-corrected chi connectivity index (χ2v) is 7.64. The normalized spacial score (nSPS) is 10.3. The van der Waals surface area contributed by atoms with Crippen LogP contribution >= 0.6 is 0 Å². The molecule has 0 radical (unpaired) electrons. The number of nitrogens with zero attached hydrogens (tertiary/aromatic N) is 1. The second kappa shape index (κ2) is 14.7. The highest BCUT2D eigenvalue weighted by atomic mass is 19.1. The molecule has 0 fully saturated rings. The molecular weight excluding hydrogens is 357 g/mol. The molecule has 0 aliphatic heterocycles. The van der Waals surface area contributed by atoms with Crippen LogP contribution < -0.4 is 0 Å². The Balaban J connectivity index is 0.000000591. The van der Waals surface area contributed by atoms with Crippen molar-refractivity contribution in [2.75, 3.05) is 0 Å². The average Bonchev–Trinajstić information content (AvgIpc) is 2.71. The summed E-state index contributed by atoms with van der Waals surface area (Å²) < 4.78 is 13.8. The van der Waals surface area contributed by atoms with E-state index in [4.69, 9.17) is 0 Å². The van der Waals surface area contributed by atoms with E-state index in [-0.39, 0.29) is 5.82 Å². The monoisotopic (exact) mass is 397 g/mol.